The maximum absolute atomic E-state index is 13.5. The van der Waals surface area contributed by atoms with Gasteiger partial charge in [-0.3, -0.25) is 24.2 Å². The van der Waals surface area contributed by atoms with E-state index in [1.807, 2.05) is 0 Å². The van der Waals surface area contributed by atoms with Crippen molar-refractivity contribution < 1.29 is 29.1 Å². The fourth-order valence-electron chi connectivity index (χ4n) is 4.29. The van der Waals surface area contributed by atoms with Crippen LogP contribution in [0.3, 0.4) is 0 Å². The SMILES string of the molecule is NC(=O)CCC(NC(=O)C(N)CCCN=C(N)N)C(=O)N1CCCC1C(=O)NC(Cc1ccccc1)C(=O)O. The molecule has 1 aromatic carbocycles. The fraction of sp³-hybridized carbons (Fsp3) is 0.520. The molecule has 1 saturated heterocycles. The van der Waals surface area contributed by atoms with Gasteiger partial charge in [-0.05, 0) is 37.7 Å². The van der Waals surface area contributed by atoms with Crippen molar-refractivity contribution >= 4 is 35.6 Å². The Kier molecular flexibility index (Phi) is 12.1. The second-order valence-electron chi connectivity index (χ2n) is 9.40. The molecule has 14 heteroatoms. The Labute approximate surface area is 226 Å². The van der Waals surface area contributed by atoms with Crippen LogP contribution in [-0.2, 0) is 30.4 Å². The number of amides is 4. The number of rotatable bonds is 15. The van der Waals surface area contributed by atoms with Crippen LogP contribution in [-0.4, -0.2) is 82.8 Å². The van der Waals surface area contributed by atoms with Gasteiger partial charge in [-0.1, -0.05) is 30.3 Å². The number of nitrogens with one attached hydrogen (secondary N) is 2. The highest BCUT2D eigenvalue weighted by atomic mass is 16.4. The molecule has 4 amide bonds. The van der Waals surface area contributed by atoms with Crippen molar-refractivity contribution in [3.05, 3.63) is 35.9 Å². The van der Waals surface area contributed by atoms with Crippen molar-refractivity contribution in [2.75, 3.05) is 13.1 Å². The smallest absolute Gasteiger partial charge is 0.326 e. The van der Waals surface area contributed by atoms with E-state index in [1.54, 1.807) is 30.3 Å². The van der Waals surface area contributed by atoms with Crippen LogP contribution in [0.1, 0.15) is 44.1 Å². The predicted octanol–water partition coefficient (Wildman–Crippen LogP) is -2.08. The summed E-state index contributed by atoms with van der Waals surface area (Å²) in [5.74, 6) is -3.75. The van der Waals surface area contributed by atoms with Gasteiger partial charge in [0.15, 0.2) is 5.96 Å². The first kappa shape index (κ1) is 31.0. The largest absolute Gasteiger partial charge is 0.480 e. The van der Waals surface area contributed by atoms with Crippen molar-refractivity contribution in [3.8, 4) is 0 Å². The van der Waals surface area contributed by atoms with Gasteiger partial charge >= 0.3 is 5.97 Å². The Hall–Kier alpha value is -4.20. The van der Waals surface area contributed by atoms with Gasteiger partial charge < -0.3 is 43.6 Å². The van der Waals surface area contributed by atoms with Crippen LogP contribution in [0.4, 0.5) is 0 Å². The van der Waals surface area contributed by atoms with Crippen LogP contribution in [0.5, 0.6) is 0 Å². The predicted molar refractivity (Wildman–Crippen MR) is 143 cm³/mol. The van der Waals surface area contributed by atoms with Crippen LogP contribution in [0.15, 0.2) is 35.3 Å². The summed E-state index contributed by atoms with van der Waals surface area (Å²) in [5.41, 5.74) is 22.5. The molecule has 2 rings (SSSR count). The van der Waals surface area contributed by atoms with E-state index >= 15 is 0 Å². The normalized spacial score (nSPS) is 16.9. The van der Waals surface area contributed by atoms with Gasteiger partial charge in [-0.25, -0.2) is 4.79 Å². The lowest BCUT2D eigenvalue weighted by atomic mass is 10.0. The number of carbonyl (C=O) groups is 5. The van der Waals surface area contributed by atoms with Gasteiger partial charge in [-0.2, -0.15) is 0 Å². The molecular weight excluding hydrogens is 508 g/mol. The number of aliphatic imine (C=N–C) groups is 1. The molecule has 1 aromatic rings. The van der Waals surface area contributed by atoms with Crippen molar-refractivity contribution in [3.63, 3.8) is 0 Å². The molecule has 0 radical (unpaired) electrons. The van der Waals surface area contributed by atoms with E-state index < -0.39 is 53.8 Å². The highest BCUT2D eigenvalue weighted by Gasteiger charge is 2.39. The van der Waals surface area contributed by atoms with Gasteiger partial charge in [0, 0.05) is 25.9 Å². The number of aliphatic carboxylic acids is 1. The van der Waals surface area contributed by atoms with Crippen molar-refractivity contribution in [1.29, 1.82) is 0 Å². The number of benzene rings is 1. The van der Waals surface area contributed by atoms with E-state index in [0.29, 0.717) is 19.3 Å². The lowest BCUT2D eigenvalue weighted by Gasteiger charge is -2.30. The van der Waals surface area contributed by atoms with E-state index in [-0.39, 0.29) is 44.7 Å². The quantitative estimate of drug-likeness (QED) is 0.0723. The number of hydrogen-bond acceptors (Lipinski definition) is 7. The average Bonchev–Trinajstić information content (AvgIpc) is 3.38. The van der Waals surface area contributed by atoms with Crippen molar-refractivity contribution in [1.82, 2.24) is 15.5 Å². The fourth-order valence-corrected chi connectivity index (χ4v) is 4.29. The number of hydrogen-bond donors (Lipinski definition) is 7. The molecule has 0 aromatic heterocycles. The van der Waals surface area contributed by atoms with E-state index in [1.165, 1.54) is 4.90 Å². The highest BCUT2D eigenvalue weighted by molar-refractivity contribution is 5.94. The van der Waals surface area contributed by atoms with E-state index in [0.717, 1.165) is 5.56 Å². The molecule has 0 spiro atoms. The minimum atomic E-state index is -1.21. The van der Waals surface area contributed by atoms with E-state index in [2.05, 4.69) is 15.6 Å². The molecule has 4 atom stereocenters. The molecule has 0 bridgehead atoms. The Morgan fingerprint density at radius 3 is 2.33 bits per heavy atom. The van der Waals surface area contributed by atoms with Crippen LogP contribution in [0.25, 0.3) is 0 Å². The third-order valence-electron chi connectivity index (χ3n) is 6.33. The molecule has 214 valence electrons. The zero-order valence-corrected chi connectivity index (χ0v) is 21.8. The van der Waals surface area contributed by atoms with Gasteiger partial charge in [-0.15, -0.1) is 0 Å². The lowest BCUT2D eigenvalue weighted by Crippen LogP contribution is -2.57. The number of guanidine groups is 1. The Morgan fingerprint density at radius 2 is 1.72 bits per heavy atom. The summed E-state index contributed by atoms with van der Waals surface area (Å²) in [6.07, 6.45) is 1.29. The standard InChI is InChI=1S/C25H38N8O6/c26-16(8-4-12-30-25(28)29)21(35)31-17(10-11-20(27)34)23(37)33-13-5-9-19(33)22(36)32-18(24(38)39)14-15-6-2-1-3-7-15/h1-3,6-7,16-19H,4-5,8-14,26H2,(H2,27,34)(H,31,35)(H,32,36)(H,38,39)(H4,28,29,30). The number of nitrogens with two attached hydrogens (primary N) is 4. The summed E-state index contributed by atoms with van der Waals surface area (Å²) >= 11 is 0. The second-order valence-corrected chi connectivity index (χ2v) is 9.40. The molecule has 0 saturated carbocycles. The van der Waals surface area contributed by atoms with Gasteiger partial charge in [0.05, 0.1) is 6.04 Å². The van der Waals surface area contributed by atoms with Crippen LogP contribution in [0, 0.1) is 0 Å². The first-order valence-electron chi connectivity index (χ1n) is 12.8. The third-order valence-corrected chi connectivity index (χ3v) is 6.33. The summed E-state index contributed by atoms with van der Waals surface area (Å²) in [5, 5.41) is 14.8. The maximum Gasteiger partial charge on any atom is 0.326 e. The third kappa shape index (κ3) is 10.2. The zero-order chi connectivity index (χ0) is 28.9. The zero-order valence-electron chi connectivity index (χ0n) is 21.8. The molecule has 1 aliphatic rings. The molecule has 14 nitrogen and oxygen atoms in total. The number of carbonyl (C=O) groups excluding carboxylic acids is 4. The van der Waals surface area contributed by atoms with Gasteiger partial charge in [0.25, 0.3) is 0 Å². The maximum atomic E-state index is 13.5. The van der Waals surface area contributed by atoms with Crippen LogP contribution in [0.2, 0.25) is 0 Å². The summed E-state index contributed by atoms with van der Waals surface area (Å²) in [6.45, 7) is 0.500. The van der Waals surface area contributed by atoms with Gasteiger partial charge in [0.2, 0.25) is 23.6 Å². The molecule has 0 aliphatic carbocycles. The number of carboxylic acids is 1. The number of carboxylic acid groups (broad SMARTS) is 1. The molecule has 39 heavy (non-hydrogen) atoms. The number of likely N-dealkylation sites (tertiary alicyclic amines) is 1. The Balaban J connectivity index is 2.08. The van der Waals surface area contributed by atoms with E-state index in [4.69, 9.17) is 22.9 Å². The molecule has 4 unspecified atom stereocenters. The molecule has 11 N–H and O–H groups in total. The van der Waals surface area contributed by atoms with Gasteiger partial charge in [0.1, 0.15) is 18.1 Å². The van der Waals surface area contributed by atoms with Crippen molar-refractivity contribution in [2.45, 2.75) is 69.1 Å². The Bertz CT molecular complexity index is 1050. The summed E-state index contributed by atoms with van der Waals surface area (Å²) in [7, 11) is 0. The number of primary amides is 1. The molecule has 1 fully saturated rings. The number of nitrogens with zero attached hydrogens (tertiary/aromatic N) is 2. The summed E-state index contributed by atoms with van der Waals surface area (Å²) in [4.78, 5) is 67.6. The van der Waals surface area contributed by atoms with Crippen LogP contribution < -0.4 is 33.6 Å². The monoisotopic (exact) mass is 546 g/mol. The van der Waals surface area contributed by atoms with Crippen molar-refractivity contribution in [2.24, 2.45) is 27.9 Å². The molecule has 1 aliphatic heterocycles. The molecule has 1 heterocycles. The average molecular weight is 547 g/mol. The first-order valence-corrected chi connectivity index (χ1v) is 12.8. The lowest BCUT2D eigenvalue weighted by molar-refractivity contribution is -0.145. The second kappa shape index (κ2) is 15.3. The molecular formula is C25H38N8O6. The van der Waals surface area contributed by atoms with Crippen LogP contribution >= 0.6 is 0 Å². The first-order chi connectivity index (χ1) is 18.5. The topological polar surface area (TPSA) is 249 Å². The minimum absolute atomic E-state index is 0.0704. The Morgan fingerprint density at radius 1 is 1.03 bits per heavy atom. The summed E-state index contributed by atoms with van der Waals surface area (Å²) in [6, 6.07) is 4.60. The summed E-state index contributed by atoms with van der Waals surface area (Å²) < 4.78 is 0. The van der Waals surface area contributed by atoms with E-state index in [9.17, 15) is 29.1 Å². The highest BCUT2D eigenvalue weighted by Crippen LogP contribution is 2.20. The minimum Gasteiger partial charge on any atom is -0.480 e.